The van der Waals surface area contributed by atoms with Crippen molar-refractivity contribution in [3.63, 3.8) is 0 Å². The monoisotopic (exact) mass is 411 g/mol. The molecule has 0 atom stereocenters. The highest BCUT2D eigenvalue weighted by molar-refractivity contribution is 5.91. The van der Waals surface area contributed by atoms with Crippen LogP contribution >= 0.6 is 0 Å². The molecule has 30 heavy (non-hydrogen) atoms. The molecule has 0 aliphatic rings. The minimum atomic E-state index is -1.04. The molecule has 0 fully saturated rings. The van der Waals surface area contributed by atoms with Crippen LogP contribution in [0.25, 0.3) is 0 Å². The van der Waals surface area contributed by atoms with Crippen molar-refractivity contribution >= 4 is 17.3 Å². The Labute approximate surface area is 171 Å². The van der Waals surface area contributed by atoms with Gasteiger partial charge in [0.1, 0.15) is 11.5 Å². The second kappa shape index (κ2) is 8.99. The molecule has 0 saturated heterocycles. The van der Waals surface area contributed by atoms with E-state index in [1.165, 1.54) is 12.3 Å². The second-order valence-corrected chi connectivity index (χ2v) is 6.44. The van der Waals surface area contributed by atoms with Gasteiger partial charge in [-0.3, -0.25) is 14.9 Å². The van der Waals surface area contributed by atoms with Crippen LogP contribution in [-0.4, -0.2) is 22.4 Å². The predicted octanol–water partition coefficient (Wildman–Crippen LogP) is 4.56. The van der Waals surface area contributed by atoms with Gasteiger partial charge in [0.2, 0.25) is 11.7 Å². The SMILES string of the molecule is Cc1ccc(Oc2ccc(NC(=O)COc3ccc([N+](=O)[O-])c(F)c3)cn2)cc1C. The number of amides is 1. The van der Waals surface area contributed by atoms with Crippen molar-refractivity contribution in [2.45, 2.75) is 13.8 Å². The number of nitro benzene ring substituents is 1. The fourth-order valence-electron chi connectivity index (χ4n) is 2.48. The van der Waals surface area contributed by atoms with Gasteiger partial charge in [-0.1, -0.05) is 6.07 Å². The highest BCUT2D eigenvalue weighted by Gasteiger charge is 2.15. The first-order chi connectivity index (χ1) is 14.3. The molecule has 3 aromatic rings. The Morgan fingerprint density at radius 3 is 2.50 bits per heavy atom. The number of anilines is 1. The Morgan fingerprint density at radius 1 is 1.10 bits per heavy atom. The number of carbonyl (C=O) groups is 1. The maximum absolute atomic E-state index is 13.6. The van der Waals surface area contributed by atoms with E-state index in [0.717, 1.165) is 23.3 Å². The van der Waals surface area contributed by atoms with E-state index in [1.807, 2.05) is 32.0 Å². The van der Waals surface area contributed by atoms with Crippen LogP contribution in [0.4, 0.5) is 15.8 Å². The van der Waals surface area contributed by atoms with Crippen molar-refractivity contribution in [1.29, 1.82) is 0 Å². The van der Waals surface area contributed by atoms with Crippen LogP contribution < -0.4 is 14.8 Å². The van der Waals surface area contributed by atoms with Crippen molar-refractivity contribution in [2.24, 2.45) is 0 Å². The van der Waals surface area contributed by atoms with Crippen molar-refractivity contribution in [3.8, 4) is 17.4 Å². The van der Waals surface area contributed by atoms with Crippen LogP contribution in [0.3, 0.4) is 0 Å². The summed E-state index contributed by atoms with van der Waals surface area (Å²) in [6, 6.07) is 12.0. The number of pyridine rings is 1. The van der Waals surface area contributed by atoms with E-state index < -0.39 is 28.9 Å². The summed E-state index contributed by atoms with van der Waals surface area (Å²) >= 11 is 0. The molecule has 1 aromatic heterocycles. The zero-order chi connectivity index (χ0) is 21.7. The van der Waals surface area contributed by atoms with Crippen LogP contribution in [0.15, 0.2) is 54.7 Å². The van der Waals surface area contributed by atoms with E-state index in [9.17, 15) is 19.3 Å². The Morgan fingerprint density at radius 2 is 1.87 bits per heavy atom. The number of aryl methyl sites for hydroxylation is 2. The Bertz CT molecular complexity index is 1090. The fourth-order valence-corrected chi connectivity index (χ4v) is 2.48. The molecule has 1 amide bonds. The van der Waals surface area contributed by atoms with Gasteiger partial charge in [0.25, 0.3) is 5.91 Å². The summed E-state index contributed by atoms with van der Waals surface area (Å²) in [6.07, 6.45) is 1.43. The van der Waals surface area contributed by atoms with Gasteiger partial charge >= 0.3 is 5.69 Å². The third kappa shape index (κ3) is 5.28. The molecular weight excluding hydrogens is 393 g/mol. The van der Waals surface area contributed by atoms with Gasteiger partial charge in [-0.25, -0.2) is 4.98 Å². The number of carbonyl (C=O) groups excluding carboxylic acids is 1. The maximum atomic E-state index is 13.6. The zero-order valence-electron chi connectivity index (χ0n) is 16.2. The van der Waals surface area contributed by atoms with E-state index in [2.05, 4.69) is 10.3 Å². The van der Waals surface area contributed by atoms with Gasteiger partial charge in [-0.15, -0.1) is 0 Å². The number of nitro groups is 1. The van der Waals surface area contributed by atoms with Gasteiger partial charge < -0.3 is 14.8 Å². The first kappa shape index (κ1) is 20.7. The van der Waals surface area contributed by atoms with E-state index in [-0.39, 0.29) is 5.75 Å². The first-order valence-electron chi connectivity index (χ1n) is 8.89. The summed E-state index contributed by atoms with van der Waals surface area (Å²) in [4.78, 5) is 25.9. The van der Waals surface area contributed by atoms with E-state index >= 15 is 0 Å². The predicted molar refractivity (Wildman–Crippen MR) is 107 cm³/mol. The van der Waals surface area contributed by atoms with Crippen molar-refractivity contribution < 1.29 is 23.6 Å². The van der Waals surface area contributed by atoms with Crippen molar-refractivity contribution in [1.82, 2.24) is 4.98 Å². The molecule has 8 nitrogen and oxygen atoms in total. The lowest BCUT2D eigenvalue weighted by molar-refractivity contribution is -0.387. The number of rotatable bonds is 7. The van der Waals surface area contributed by atoms with Gasteiger partial charge in [0, 0.05) is 18.2 Å². The Kier molecular flexibility index (Phi) is 6.21. The van der Waals surface area contributed by atoms with Crippen LogP contribution in [-0.2, 0) is 4.79 Å². The van der Waals surface area contributed by atoms with E-state index in [0.29, 0.717) is 17.3 Å². The largest absolute Gasteiger partial charge is 0.484 e. The van der Waals surface area contributed by atoms with Crippen LogP contribution in [0, 0.1) is 29.8 Å². The maximum Gasteiger partial charge on any atom is 0.305 e. The minimum absolute atomic E-state index is 0.00325. The summed E-state index contributed by atoms with van der Waals surface area (Å²) in [6.45, 7) is 3.59. The number of benzene rings is 2. The fraction of sp³-hybridized carbons (Fsp3) is 0.143. The minimum Gasteiger partial charge on any atom is -0.484 e. The molecule has 0 aliphatic carbocycles. The Hall–Kier alpha value is -4.01. The van der Waals surface area contributed by atoms with Crippen molar-refractivity contribution in [2.75, 3.05) is 11.9 Å². The highest BCUT2D eigenvalue weighted by atomic mass is 19.1. The molecule has 0 saturated carbocycles. The van der Waals surface area contributed by atoms with Crippen molar-refractivity contribution in [3.05, 3.63) is 81.8 Å². The van der Waals surface area contributed by atoms with E-state index in [4.69, 9.17) is 9.47 Å². The number of ether oxygens (including phenoxy) is 2. The Balaban J connectivity index is 1.53. The average molecular weight is 411 g/mol. The van der Waals surface area contributed by atoms with Crippen LogP contribution in [0.2, 0.25) is 0 Å². The van der Waals surface area contributed by atoms with Crippen LogP contribution in [0.5, 0.6) is 17.4 Å². The molecule has 0 aliphatic heterocycles. The number of nitrogens with zero attached hydrogens (tertiary/aromatic N) is 2. The quantitative estimate of drug-likeness (QED) is 0.452. The van der Waals surface area contributed by atoms with Gasteiger partial charge in [-0.05, 0) is 49.2 Å². The standard InChI is InChI=1S/C21H18FN3O5/c1-13-3-5-17(9-14(13)2)30-21-8-4-15(11-23-21)24-20(26)12-29-16-6-7-19(25(27)28)18(22)10-16/h3-11H,12H2,1-2H3,(H,24,26). The molecule has 3 rings (SSSR count). The molecule has 1 heterocycles. The van der Waals surface area contributed by atoms with Gasteiger partial charge in [0.05, 0.1) is 16.8 Å². The summed E-state index contributed by atoms with van der Waals surface area (Å²) < 4.78 is 24.4. The van der Waals surface area contributed by atoms with Gasteiger partial charge in [-0.2, -0.15) is 4.39 Å². The summed E-state index contributed by atoms with van der Waals surface area (Å²) in [7, 11) is 0. The summed E-state index contributed by atoms with van der Waals surface area (Å²) in [5.74, 6) is -0.511. The van der Waals surface area contributed by atoms with Crippen LogP contribution in [0.1, 0.15) is 11.1 Å². The first-order valence-corrected chi connectivity index (χ1v) is 8.89. The number of aromatic nitrogens is 1. The number of hydrogen-bond acceptors (Lipinski definition) is 6. The zero-order valence-corrected chi connectivity index (χ0v) is 16.2. The lowest BCUT2D eigenvalue weighted by Gasteiger charge is -2.09. The third-order valence-electron chi connectivity index (χ3n) is 4.21. The molecule has 0 bridgehead atoms. The summed E-state index contributed by atoms with van der Waals surface area (Å²) in [5.41, 5.74) is 2.02. The lowest BCUT2D eigenvalue weighted by Crippen LogP contribution is -2.20. The lowest BCUT2D eigenvalue weighted by atomic mass is 10.1. The molecule has 0 spiro atoms. The second-order valence-electron chi connectivity index (χ2n) is 6.44. The number of nitrogens with one attached hydrogen (secondary N) is 1. The molecule has 154 valence electrons. The van der Waals surface area contributed by atoms with E-state index in [1.54, 1.807) is 12.1 Å². The third-order valence-corrected chi connectivity index (χ3v) is 4.21. The topological polar surface area (TPSA) is 104 Å². The average Bonchev–Trinajstić information content (AvgIpc) is 2.70. The number of halogens is 1. The van der Waals surface area contributed by atoms with Gasteiger partial charge in [0.15, 0.2) is 6.61 Å². The molecule has 0 unspecified atom stereocenters. The normalized spacial score (nSPS) is 10.4. The molecule has 2 aromatic carbocycles. The molecular formula is C21H18FN3O5. The molecule has 9 heteroatoms. The number of hydrogen-bond donors (Lipinski definition) is 1. The highest BCUT2D eigenvalue weighted by Crippen LogP contribution is 2.24. The molecule has 0 radical (unpaired) electrons. The summed E-state index contributed by atoms with van der Waals surface area (Å²) in [5, 5.41) is 13.2. The molecule has 1 N–H and O–H groups in total. The smallest absolute Gasteiger partial charge is 0.305 e.